The van der Waals surface area contributed by atoms with Crippen molar-refractivity contribution in [2.45, 2.75) is 51.5 Å². The summed E-state index contributed by atoms with van der Waals surface area (Å²) in [5.41, 5.74) is 4.64. The summed E-state index contributed by atoms with van der Waals surface area (Å²) in [6.07, 6.45) is 6.85. The van der Waals surface area contributed by atoms with E-state index in [-0.39, 0.29) is 6.04 Å². The lowest BCUT2D eigenvalue weighted by Crippen LogP contribution is -2.41. The van der Waals surface area contributed by atoms with Gasteiger partial charge in [-0.15, -0.1) is 0 Å². The van der Waals surface area contributed by atoms with E-state index in [0.29, 0.717) is 24.7 Å². The van der Waals surface area contributed by atoms with Crippen molar-refractivity contribution in [2.24, 2.45) is 0 Å². The number of pyridine rings is 1. The normalized spacial score (nSPS) is 18.9. The molecule has 40 heavy (non-hydrogen) atoms. The van der Waals surface area contributed by atoms with E-state index in [4.69, 9.17) is 16.3 Å². The van der Waals surface area contributed by atoms with Crippen molar-refractivity contribution in [3.05, 3.63) is 99.8 Å². The second-order valence-corrected chi connectivity index (χ2v) is 13.5. The van der Waals surface area contributed by atoms with Gasteiger partial charge in [-0.05, 0) is 80.3 Å². The van der Waals surface area contributed by atoms with Crippen molar-refractivity contribution < 1.29 is 18.3 Å². The van der Waals surface area contributed by atoms with Crippen molar-refractivity contribution in [1.29, 1.82) is 0 Å². The maximum Gasteiger partial charge on any atom is 0.211 e. The lowest BCUT2D eigenvalue weighted by molar-refractivity contribution is 0.0785. The highest BCUT2D eigenvalue weighted by molar-refractivity contribution is 7.88. The fraction of sp³-hybridized carbons (Fsp3) is 0.387. The maximum absolute atomic E-state index is 12.7. The Balaban J connectivity index is 1.34. The minimum atomic E-state index is -3.38. The predicted molar refractivity (Wildman–Crippen MR) is 159 cm³/mol. The Labute approximate surface area is 242 Å². The highest BCUT2D eigenvalue weighted by Crippen LogP contribution is 2.38. The Hall–Kier alpha value is -2.75. The number of benzene rings is 2. The molecule has 1 fully saturated rings. The lowest BCUT2D eigenvalue weighted by atomic mass is 9.90. The van der Waals surface area contributed by atoms with Gasteiger partial charge in [0.05, 0.1) is 17.6 Å². The minimum Gasteiger partial charge on any atom is -0.487 e. The molecule has 1 unspecified atom stereocenters. The molecule has 0 radical (unpaired) electrons. The molecule has 2 aliphatic heterocycles. The molecule has 9 heteroatoms. The average molecular weight is 582 g/mol. The summed E-state index contributed by atoms with van der Waals surface area (Å²) in [6.45, 7) is 6.60. The summed E-state index contributed by atoms with van der Waals surface area (Å²) in [6, 6.07) is 17.1. The van der Waals surface area contributed by atoms with Crippen molar-refractivity contribution in [2.75, 3.05) is 25.9 Å². The number of ether oxygens (including phenoxy) is 1. The van der Waals surface area contributed by atoms with E-state index in [2.05, 4.69) is 22.0 Å². The topological polar surface area (TPSA) is 83.0 Å². The van der Waals surface area contributed by atoms with Crippen molar-refractivity contribution in [3.63, 3.8) is 0 Å². The molecule has 1 atom stereocenters. The third kappa shape index (κ3) is 6.58. The third-order valence-electron chi connectivity index (χ3n) is 7.65. The molecule has 7 nitrogen and oxygen atoms in total. The Kier molecular flexibility index (Phi) is 8.36. The van der Waals surface area contributed by atoms with Crippen LogP contribution < -0.4 is 4.74 Å². The molecule has 0 amide bonds. The van der Waals surface area contributed by atoms with Gasteiger partial charge >= 0.3 is 0 Å². The van der Waals surface area contributed by atoms with E-state index in [9.17, 15) is 13.5 Å². The lowest BCUT2D eigenvalue weighted by Gasteiger charge is -2.27. The van der Waals surface area contributed by atoms with Crippen LogP contribution in [0.25, 0.3) is 5.57 Å². The van der Waals surface area contributed by atoms with Gasteiger partial charge in [-0.3, -0.25) is 4.98 Å². The van der Waals surface area contributed by atoms with Crippen molar-refractivity contribution in [1.82, 2.24) is 14.2 Å². The SMILES string of the molecule is CC(C)(O)c1ccc2c(c1)C(=CCCN1CCC(N(Cc3ccc(Cl)cc3)S(C)(=O)=O)C1)c1cccnc1CO2. The zero-order chi connectivity index (χ0) is 28.5. The molecular formula is C31H36ClN3O4S. The minimum absolute atomic E-state index is 0.0791. The quantitative estimate of drug-likeness (QED) is 0.393. The van der Waals surface area contributed by atoms with Gasteiger partial charge < -0.3 is 14.7 Å². The van der Waals surface area contributed by atoms with Crippen LogP contribution in [-0.4, -0.2) is 59.6 Å². The fourth-order valence-corrected chi connectivity index (χ4v) is 6.71. The van der Waals surface area contributed by atoms with Crippen molar-refractivity contribution >= 4 is 27.2 Å². The molecular weight excluding hydrogens is 546 g/mol. The van der Waals surface area contributed by atoms with Gasteiger partial charge in [-0.2, -0.15) is 4.31 Å². The predicted octanol–water partition coefficient (Wildman–Crippen LogP) is 5.21. The molecule has 0 aliphatic carbocycles. The number of aromatic nitrogens is 1. The van der Waals surface area contributed by atoms with Crippen LogP contribution in [0.3, 0.4) is 0 Å². The summed E-state index contributed by atoms with van der Waals surface area (Å²) >= 11 is 6.02. The van der Waals surface area contributed by atoms with E-state index in [1.54, 1.807) is 36.5 Å². The molecule has 2 aliphatic rings. The Morgan fingerprint density at radius 1 is 1.18 bits per heavy atom. The number of nitrogens with zero attached hydrogens (tertiary/aromatic N) is 3. The van der Waals surface area contributed by atoms with Crippen LogP contribution in [0.4, 0.5) is 0 Å². The number of sulfonamides is 1. The Morgan fingerprint density at radius 3 is 2.67 bits per heavy atom. The van der Waals surface area contributed by atoms with E-state index < -0.39 is 15.6 Å². The smallest absolute Gasteiger partial charge is 0.211 e. The molecule has 2 aromatic carbocycles. The van der Waals surface area contributed by atoms with Crippen LogP contribution in [0.1, 0.15) is 54.6 Å². The van der Waals surface area contributed by atoms with E-state index >= 15 is 0 Å². The number of aliphatic hydroxyl groups is 1. The first kappa shape index (κ1) is 28.8. The first-order chi connectivity index (χ1) is 19.0. The largest absolute Gasteiger partial charge is 0.487 e. The summed E-state index contributed by atoms with van der Waals surface area (Å²) < 4.78 is 33.2. The highest BCUT2D eigenvalue weighted by atomic mass is 35.5. The van der Waals surface area contributed by atoms with Gasteiger partial charge in [0.25, 0.3) is 0 Å². The molecule has 3 heterocycles. The summed E-state index contributed by atoms with van der Waals surface area (Å²) in [7, 11) is -3.38. The number of likely N-dealkylation sites (tertiary alicyclic amines) is 1. The second kappa shape index (κ2) is 11.6. The summed E-state index contributed by atoms with van der Waals surface area (Å²) in [4.78, 5) is 6.89. The summed E-state index contributed by atoms with van der Waals surface area (Å²) in [5, 5.41) is 11.3. The summed E-state index contributed by atoms with van der Waals surface area (Å²) in [5.74, 6) is 0.768. The fourth-order valence-electron chi connectivity index (χ4n) is 5.48. The van der Waals surface area contributed by atoms with Crippen LogP contribution in [-0.2, 0) is 28.8 Å². The molecule has 0 saturated carbocycles. The molecule has 0 spiro atoms. The molecule has 0 bridgehead atoms. The average Bonchev–Trinajstić information content (AvgIpc) is 3.30. The molecule has 1 N–H and O–H groups in total. The van der Waals surface area contributed by atoms with Gasteiger partial charge in [-0.25, -0.2) is 8.42 Å². The first-order valence-corrected chi connectivity index (χ1v) is 15.8. The monoisotopic (exact) mass is 581 g/mol. The molecule has 212 valence electrons. The zero-order valence-electron chi connectivity index (χ0n) is 23.2. The number of fused-ring (bicyclic) bond motifs is 2. The zero-order valence-corrected chi connectivity index (χ0v) is 24.8. The number of halogens is 1. The number of hydrogen-bond acceptors (Lipinski definition) is 6. The van der Waals surface area contributed by atoms with Crippen LogP contribution in [0, 0.1) is 0 Å². The van der Waals surface area contributed by atoms with Crippen LogP contribution >= 0.6 is 11.6 Å². The highest BCUT2D eigenvalue weighted by Gasteiger charge is 2.33. The second-order valence-electron chi connectivity index (χ2n) is 11.1. The van der Waals surface area contributed by atoms with Gasteiger partial charge in [0.15, 0.2) is 0 Å². The Morgan fingerprint density at radius 2 is 1.95 bits per heavy atom. The van der Waals surface area contributed by atoms with E-state index in [1.165, 1.54) is 6.26 Å². The maximum atomic E-state index is 12.7. The first-order valence-electron chi connectivity index (χ1n) is 13.6. The van der Waals surface area contributed by atoms with Gasteiger partial charge in [0.2, 0.25) is 10.0 Å². The molecule has 1 saturated heterocycles. The molecule has 1 aromatic heterocycles. The standard InChI is InChI=1S/C31H36ClN3O4S/c1-31(2,36)23-10-13-30-28(18-23)26(27-6-4-15-33-29(27)21-39-30)7-5-16-34-17-14-25(20-34)35(40(3,37)38)19-22-8-11-24(32)12-9-22/h4,6-13,15,18,25,36H,5,14,16-17,19-21H2,1-3H3. The van der Waals surface area contributed by atoms with Crippen LogP contribution in [0.5, 0.6) is 5.75 Å². The third-order valence-corrected chi connectivity index (χ3v) is 9.18. The van der Waals surface area contributed by atoms with E-state index in [0.717, 1.165) is 65.2 Å². The van der Waals surface area contributed by atoms with Gasteiger partial charge in [0.1, 0.15) is 12.4 Å². The van der Waals surface area contributed by atoms with Gasteiger partial charge in [-0.1, -0.05) is 41.9 Å². The van der Waals surface area contributed by atoms with Crippen LogP contribution in [0.2, 0.25) is 5.02 Å². The van der Waals surface area contributed by atoms with Crippen molar-refractivity contribution in [3.8, 4) is 5.75 Å². The van der Waals surface area contributed by atoms with Crippen LogP contribution in [0.15, 0.2) is 66.9 Å². The molecule has 3 aromatic rings. The van der Waals surface area contributed by atoms with E-state index in [1.807, 2.05) is 36.4 Å². The molecule has 5 rings (SSSR count). The number of rotatable bonds is 8. The Bertz CT molecular complexity index is 1500. The van der Waals surface area contributed by atoms with Gasteiger partial charge in [0, 0.05) is 48.0 Å². The number of hydrogen-bond donors (Lipinski definition) is 1.